The van der Waals surface area contributed by atoms with Gasteiger partial charge in [-0.05, 0) is 41.1 Å². The third-order valence-electron chi connectivity index (χ3n) is 3.91. The summed E-state index contributed by atoms with van der Waals surface area (Å²) in [5.41, 5.74) is 3.86. The third kappa shape index (κ3) is 3.42. The second-order valence-electron chi connectivity index (χ2n) is 5.85. The van der Waals surface area contributed by atoms with Crippen LogP contribution in [-0.2, 0) is 19.5 Å². The molecular weight excluding hydrogens is 300 g/mol. The maximum absolute atomic E-state index is 6.45. The van der Waals surface area contributed by atoms with Gasteiger partial charge in [-0.1, -0.05) is 31.5 Å². The molecule has 1 aromatic carbocycles. The summed E-state index contributed by atoms with van der Waals surface area (Å²) in [5, 5.41) is 6.47. The number of hydrogen-bond donors (Lipinski definition) is 1. The van der Waals surface area contributed by atoms with Gasteiger partial charge in [0.15, 0.2) is 0 Å². The highest BCUT2D eigenvalue weighted by atomic mass is 35.5. The van der Waals surface area contributed by atoms with Crippen LogP contribution in [0, 0.1) is 0 Å². The zero-order chi connectivity index (χ0) is 14.8. The Bertz CT molecular complexity index is 621. The molecule has 21 heavy (non-hydrogen) atoms. The Kier molecular flexibility index (Phi) is 4.53. The van der Waals surface area contributed by atoms with Gasteiger partial charge in [-0.3, -0.25) is 0 Å². The van der Waals surface area contributed by atoms with Crippen LogP contribution < -0.4 is 10.2 Å². The van der Waals surface area contributed by atoms with Crippen molar-refractivity contribution in [3.63, 3.8) is 0 Å². The lowest BCUT2D eigenvalue weighted by Gasteiger charge is -2.29. The minimum atomic E-state index is 0.472. The van der Waals surface area contributed by atoms with Crippen LogP contribution in [0.2, 0.25) is 5.02 Å². The first-order valence-electron chi connectivity index (χ1n) is 7.45. The summed E-state index contributed by atoms with van der Waals surface area (Å²) in [6.45, 7) is 7.19. The van der Waals surface area contributed by atoms with Gasteiger partial charge in [0.05, 0.1) is 0 Å². The molecule has 1 aromatic heterocycles. The van der Waals surface area contributed by atoms with E-state index in [2.05, 4.69) is 53.7 Å². The molecule has 2 aromatic rings. The van der Waals surface area contributed by atoms with Crippen molar-refractivity contribution < 1.29 is 0 Å². The predicted octanol–water partition coefficient (Wildman–Crippen LogP) is 4.46. The molecule has 1 N–H and O–H groups in total. The summed E-state index contributed by atoms with van der Waals surface area (Å²) in [6.07, 6.45) is 1.14. The smallest absolute Gasteiger partial charge is 0.0471 e. The first kappa shape index (κ1) is 14.9. The van der Waals surface area contributed by atoms with E-state index < -0.39 is 0 Å². The van der Waals surface area contributed by atoms with Gasteiger partial charge < -0.3 is 10.2 Å². The van der Waals surface area contributed by atoms with Crippen LogP contribution in [0.4, 0.5) is 5.69 Å². The molecule has 2 nitrogen and oxygen atoms in total. The van der Waals surface area contributed by atoms with Crippen LogP contribution in [0.25, 0.3) is 0 Å². The second-order valence-corrected chi connectivity index (χ2v) is 7.26. The van der Waals surface area contributed by atoms with Gasteiger partial charge in [-0.15, -0.1) is 11.3 Å². The van der Waals surface area contributed by atoms with E-state index in [1.165, 1.54) is 21.7 Å². The standard InChI is InChI=1S/C17H21ClN2S/c1-12(2)19-10-13-3-4-15(9-16(13)18)20-7-5-17-14(11-20)6-8-21-17/h3-4,6,8-9,12,19H,5,7,10-11H2,1-2H3. The first-order chi connectivity index (χ1) is 10.1. The van der Waals surface area contributed by atoms with Crippen LogP contribution in [-0.4, -0.2) is 12.6 Å². The summed E-state index contributed by atoms with van der Waals surface area (Å²) < 4.78 is 0. The molecule has 0 bridgehead atoms. The number of anilines is 1. The number of nitrogens with one attached hydrogen (secondary N) is 1. The van der Waals surface area contributed by atoms with Gasteiger partial charge in [0.1, 0.15) is 0 Å². The fourth-order valence-electron chi connectivity index (χ4n) is 2.66. The molecule has 4 heteroatoms. The van der Waals surface area contributed by atoms with Crippen molar-refractivity contribution in [3.8, 4) is 0 Å². The zero-order valence-corrected chi connectivity index (χ0v) is 14.1. The quantitative estimate of drug-likeness (QED) is 0.894. The number of nitrogens with zero attached hydrogens (tertiary/aromatic N) is 1. The van der Waals surface area contributed by atoms with Gasteiger partial charge in [-0.2, -0.15) is 0 Å². The highest BCUT2D eigenvalue weighted by Gasteiger charge is 2.18. The van der Waals surface area contributed by atoms with E-state index in [1.54, 1.807) is 0 Å². The molecule has 0 saturated carbocycles. The van der Waals surface area contributed by atoms with E-state index >= 15 is 0 Å². The highest BCUT2D eigenvalue weighted by molar-refractivity contribution is 7.10. The average molecular weight is 321 g/mol. The number of hydrogen-bond acceptors (Lipinski definition) is 3. The number of halogens is 1. The molecule has 0 radical (unpaired) electrons. The van der Waals surface area contributed by atoms with Gasteiger partial charge in [0.25, 0.3) is 0 Å². The van der Waals surface area contributed by atoms with E-state index in [1.807, 2.05) is 11.3 Å². The second kappa shape index (κ2) is 6.39. The van der Waals surface area contributed by atoms with Crippen molar-refractivity contribution >= 4 is 28.6 Å². The summed E-state index contributed by atoms with van der Waals surface area (Å²) in [5.74, 6) is 0. The monoisotopic (exact) mass is 320 g/mol. The van der Waals surface area contributed by atoms with Crippen LogP contribution in [0.3, 0.4) is 0 Å². The zero-order valence-electron chi connectivity index (χ0n) is 12.5. The molecule has 1 aliphatic rings. The lowest BCUT2D eigenvalue weighted by Crippen LogP contribution is -2.29. The molecule has 0 aliphatic carbocycles. The van der Waals surface area contributed by atoms with Crippen LogP contribution in [0.5, 0.6) is 0 Å². The molecule has 0 spiro atoms. The minimum absolute atomic E-state index is 0.472. The summed E-state index contributed by atoms with van der Waals surface area (Å²) in [4.78, 5) is 3.95. The third-order valence-corrected chi connectivity index (χ3v) is 5.29. The molecule has 112 valence electrons. The SMILES string of the molecule is CC(C)NCc1ccc(N2CCc3sccc3C2)cc1Cl. The summed E-state index contributed by atoms with van der Waals surface area (Å²) in [6, 6.07) is 9.17. The number of thiophene rings is 1. The van der Waals surface area contributed by atoms with Gasteiger partial charge in [-0.25, -0.2) is 0 Å². The lowest BCUT2D eigenvalue weighted by molar-refractivity contribution is 0.589. The lowest BCUT2D eigenvalue weighted by atomic mass is 10.1. The topological polar surface area (TPSA) is 15.3 Å². The maximum Gasteiger partial charge on any atom is 0.0471 e. The van der Waals surface area contributed by atoms with E-state index in [4.69, 9.17) is 11.6 Å². The van der Waals surface area contributed by atoms with Crippen molar-refractivity contribution in [2.24, 2.45) is 0 Å². The summed E-state index contributed by atoms with van der Waals surface area (Å²) >= 11 is 8.32. The molecule has 2 heterocycles. The molecule has 0 unspecified atom stereocenters. The molecule has 0 saturated heterocycles. The Hall–Kier alpha value is -1.03. The van der Waals surface area contributed by atoms with Crippen molar-refractivity contribution in [2.75, 3.05) is 11.4 Å². The number of rotatable bonds is 4. The largest absolute Gasteiger partial charge is 0.367 e. The van der Waals surface area contributed by atoms with Crippen LogP contribution in [0.15, 0.2) is 29.6 Å². The Labute approximate surface area is 135 Å². The molecule has 3 rings (SSSR count). The van der Waals surface area contributed by atoms with E-state index in [0.717, 1.165) is 31.1 Å². The molecular formula is C17H21ClN2S. The highest BCUT2D eigenvalue weighted by Crippen LogP contribution is 2.30. The normalized spacial score (nSPS) is 14.6. The van der Waals surface area contributed by atoms with Crippen LogP contribution >= 0.6 is 22.9 Å². The average Bonchev–Trinajstić information content (AvgIpc) is 2.93. The molecule has 0 fully saturated rings. The first-order valence-corrected chi connectivity index (χ1v) is 8.71. The minimum Gasteiger partial charge on any atom is -0.367 e. The summed E-state index contributed by atoms with van der Waals surface area (Å²) in [7, 11) is 0. The Morgan fingerprint density at radius 1 is 1.33 bits per heavy atom. The molecule has 0 atom stereocenters. The Balaban J connectivity index is 1.73. The predicted molar refractivity (Wildman–Crippen MR) is 92.5 cm³/mol. The van der Waals surface area contributed by atoms with Crippen molar-refractivity contribution in [1.82, 2.24) is 5.32 Å². The van der Waals surface area contributed by atoms with E-state index in [9.17, 15) is 0 Å². The maximum atomic E-state index is 6.45. The van der Waals surface area contributed by atoms with E-state index in [-0.39, 0.29) is 0 Å². The number of benzene rings is 1. The Morgan fingerprint density at radius 3 is 2.95 bits per heavy atom. The molecule has 0 amide bonds. The van der Waals surface area contributed by atoms with Crippen molar-refractivity contribution in [3.05, 3.63) is 50.7 Å². The molecule has 1 aliphatic heterocycles. The Morgan fingerprint density at radius 2 is 2.19 bits per heavy atom. The fraction of sp³-hybridized carbons (Fsp3) is 0.412. The van der Waals surface area contributed by atoms with E-state index in [0.29, 0.717) is 6.04 Å². The van der Waals surface area contributed by atoms with Crippen molar-refractivity contribution in [1.29, 1.82) is 0 Å². The number of fused-ring (bicyclic) bond motifs is 1. The van der Waals surface area contributed by atoms with Gasteiger partial charge in [0.2, 0.25) is 0 Å². The fourth-order valence-corrected chi connectivity index (χ4v) is 3.79. The van der Waals surface area contributed by atoms with Crippen LogP contribution in [0.1, 0.15) is 29.9 Å². The van der Waals surface area contributed by atoms with Gasteiger partial charge >= 0.3 is 0 Å². The van der Waals surface area contributed by atoms with Gasteiger partial charge in [0, 0.05) is 41.3 Å². The van der Waals surface area contributed by atoms with Crippen molar-refractivity contribution in [2.45, 2.75) is 39.4 Å².